The van der Waals surface area contributed by atoms with Gasteiger partial charge >= 0.3 is 0 Å². The van der Waals surface area contributed by atoms with Crippen LogP contribution in [0.2, 0.25) is 0 Å². The van der Waals surface area contributed by atoms with Gasteiger partial charge < -0.3 is 20.5 Å². The van der Waals surface area contributed by atoms with E-state index in [-0.39, 0.29) is 18.3 Å². The predicted octanol–water partition coefficient (Wildman–Crippen LogP) is 2.83. The minimum absolute atomic E-state index is 0. The standard InChI is InChI=1S/C18H22N2O3.ClH/c1-22-16-4-2-3-5-17(16)23-13-11-18(21)20-12-10-14-6-8-15(19)9-7-14;/h2-9H,10-13,19H2,1H3,(H,20,21);1H. The van der Waals surface area contributed by atoms with Crippen molar-refractivity contribution in [1.29, 1.82) is 0 Å². The summed E-state index contributed by atoms with van der Waals surface area (Å²) in [5, 5.41) is 2.88. The number of carbonyl (C=O) groups excluding carboxylic acids is 1. The summed E-state index contributed by atoms with van der Waals surface area (Å²) < 4.78 is 10.8. The zero-order chi connectivity index (χ0) is 16.5. The second kappa shape index (κ2) is 10.4. The van der Waals surface area contributed by atoms with Crippen LogP contribution in [0.3, 0.4) is 0 Å². The van der Waals surface area contributed by atoms with Crippen molar-refractivity contribution in [2.45, 2.75) is 12.8 Å². The Labute approximate surface area is 148 Å². The Morgan fingerprint density at radius 3 is 2.42 bits per heavy atom. The molecule has 0 radical (unpaired) electrons. The number of amides is 1. The van der Waals surface area contributed by atoms with Crippen LogP contribution in [-0.4, -0.2) is 26.2 Å². The highest BCUT2D eigenvalue weighted by atomic mass is 35.5. The lowest BCUT2D eigenvalue weighted by atomic mass is 10.1. The third-order valence-electron chi connectivity index (χ3n) is 3.37. The fraction of sp³-hybridized carbons (Fsp3) is 0.278. The highest BCUT2D eigenvalue weighted by Crippen LogP contribution is 2.25. The third-order valence-corrected chi connectivity index (χ3v) is 3.37. The van der Waals surface area contributed by atoms with Gasteiger partial charge in [-0.1, -0.05) is 24.3 Å². The van der Waals surface area contributed by atoms with Gasteiger partial charge in [-0.2, -0.15) is 0 Å². The van der Waals surface area contributed by atoms with Crippen molar-refractivity contribution < 1.29 is 14.3 Å². The zero-order valence-electron chi connectivity index (χ0n) is 13.7. The molecule has 2 rings (SSSR count). The summed E-state index contributed by atoms with van der Waals surface area (Å²) in [5.41, 5.74) is 7.52. The van der Waals surface area contributed by atoms with Crippen molar-refractivity contribution in [3.63, 3.8) is 0 Å². The number of ether oxygens (including phenoxy) is 2. The van der Waals surface area contributed by atoms with Gasteiger partial charge in [-0.15, -0.1) is 12.4 Å². The number of para-hydroxylation sites is 2. The van der Waals surface area contributed by atoms with Crippen molar-refractivity contribution in [3.05, 3.63) is 54.1 Å². The lowest BCUT2D eigenvalue weighted by molar-refractivity contribution is -0.121. The van der Waals surface area contributed by atoms with Crippen LogP contribution in [0, 0.1) is 0 Å². The van der Waals surface area contributed by atoms with E-state index in [2.05, 4.69) is 5.32 Å². The van der Waals surface area contributed by atoms with E-state index in [0.717, 1.165) is 17.7 Å². The van der Waals surface area contributed by atoms with Gasteiger partial charge in [0.15, 0.2) is 11.5 Å². The Balaban J connectivity index is 0.00000288. The molecular formula is C18H23ClN2O3. The molecule has 0 spiro atoms. The van der Waals surface area contributed by atoms with Crippen molar-refractivity contribution in [2.75, 3.05) is 26.0 Å². The average Bonchev–Trinajstić information content (AvgIpc) is 2.57. The van der Waals surface area contributed by atoms with Crippen LogP contribution in [0.25, 0.3) is 0 Å². The molecule has 5 nitrogen and oxygen atoms in total. The molecule has 0 fully saturated rings. The molecule has 3 N–H and O–H groups in total. The maximum Gasteiger partial charge on any atom is 0.223 e. The number of hydrogen-bond acceptors (Lipinski definition) is 4. The van der Waals surface area contributed by atoms with E-state index in [1.54, 1.807) is 7.11 Å². The molecule has 1 amide bonds. The number of nitrogens with two attached hydrogens (primary N) is 1. The van der Waals surface area contributed by atoms with Gasteiger partial charge in [-0.05, 0) is 36.2 Å². The number of halogens is 1. The molecule has 6 heteroatoms. The van der Waals surface area contributed by atoms with Gasteiger partial charge in [-0.3, -0.25) is 4.79 Å². The molecule has 2 aromatic carbocycles. The molecule has 0 aliphatic heterocycles. The largest absolute Gasteiger partial charge is 0.493 e. The summed E-state index contributed by atoms with van der Waals surface area (Å²) >= 11 is 0. The van der Waals surface area contributed by atoms with E-state index < -0.39 is 0 Å². The molecule has 0 bridgehead atoms. The lowest BCUT2D eigenvalue weighted by Gasteiger charge is -2.10. The van der Waals surface area contributed by atoms with Crippen molar-refractivity contribution in [2.24, 2.45) is 0 Å². The van der Waals surface area contributed by atoms with Crippen LogP contribution < -0.4 is 20.5 Å². The van der Waals surface area contributed by atoms with Gasteiger partial charge in [0.05, 0.1) is 20.1 Å². The highest BCUT2D eigenvalue weighted by molar-refractivity contribution is 5.85. The maximum atomic E-state index is 11.8. The fourth-order valence-corrected chi connectivity index (χ4v) is 2.11. The topological polar surface area (TPSA) is 73.6 Å². The van der Waals surface area contributed by atoms with Crippen LogP contribution >= 0.6 is 12.4 Å². The molecule has 0 atom stereocenters. The van der Waals surface area contributed by atoms with E-state index in [4.69, 9.17) is 15.2 Å². The number of carbonyl (C=O) groups is 1. The first-order chi connectivity index (χ1) is 11.2. The molecule has 2 aromatic rings. The fourth-order valence-electron chi connectivity index (χ4n) is 2.11. The number of methoxy groups -OCH3 is 1. The van der Waals surface area contributed by atoms with Gasteiger partial charge in [0.25, 0.3) is 0 Å². The van der Waals surface area contributed by atoms with Crippen molar-refractivity contribution >= 4 is 24.0 Å². The molecule has 0 heterocycles. The Morgan fingerprint density at radius 1 is 1.08 bits per heavy atom. The molecule has 0 aromatic heterocycles. The molecule has 0 saturated carbocycles. The third kappa shape index (κ3) is 6.38. The Hall–Kier alpha value is -2.40. The molecule has 24 heavy (non-hydrogen) atoms. The van der Waals surface area contributed by atoms with Gasteiger partial charge in [0, 0.05) is 12.2 Å². The molecular weight excluding hydrogens is 328 g/mol. The van der Waals surface area contributed by atoms with E-state index in [0.29, 0.717) is 31.1 Å². The number of anilines is 1. The van der Waals surface area contributed by atoms with Gasteiger partial charge in [-0.25, -0.2) is 0 Å². The van der Waals surface area contributed by atoms with Crippen molar-refractivity contribution in [3.8, 4) is 11.5 Å². The van der Waals surface area contributed by atoms with Crippen LogP contribution in [0.1, 0.15) is 12.0 Å². The second-order valence-corrected chi connectivity index (χ2v) is 5.09. The molecule has 0 aliphatic rings. The summed E-state index contributed by atoms with van der Waals surface area (Å²) in [6, 6.07) is 15.0. The minimum Gasteiger partial charge on any atom is -0.493 e. The maximum absolute atomic E-state index is 11.8. The van der Waals surface area contributed by atoms with Gasteiger partial charge in [0.2, 0.25) is 5.91 Å². The SMILES string of the molecule is COc1ccccc1OCCC(=O)NCCc1ccc(N)cc1.Cl. The summed E-state index contributed by atoms with van der Waals surface area (Å²) in [6.45, 7) is 0.908. The van der Waals surface area contributed by atoms with Crippen LogP contribution in [-0.2, 0) is 11.2 Å². The Bertz CT molecular complexity index is 632. The van der Waals surface area contributed by atoms with Crippen LogP contribution in [0.5, 0.6) is 11.5 Å². The summed E-state index contributed by atoms with van der Waals surface area (Å²) in [4.78, 5) is 11.8. The number of nitrogen functional groups attached to an aromatic ring is 1. The zero-order valence-corrected chi connectivity index (χ0v) is 14.5. The first-order valence-electron chi connectivity index (χ1n) is 7.56. The minimum atomic E-state index is -0.0321. The molecule has 130 valence electrons. The van der Waals surface area contributed by atoms with E-state index in [9.17, 15) is 4.79 Å². The van der Waals surface area contributed by atoms with Crippen molar-refractivity contribution in [1.82, 2.24) is 5.32 Å². The summed E-state index contributed by atoms with van der Waals surface area (Å²) in [7, 11) is 1.59. The predicted molar refractivity (Wildman–Crippen MR) is 97.9 cm³/mol. The first-order valence-corrected chi connectivity index (χ1v) is 7.56. The van der Waals surface area contributed by atoms with Gasteiger partial charge in [0.1, 0.15) is 0 Å². The number of hydrogen-bond donors (Lipinski definition) is 2. The Kier molecular flexibility index (Phi) is 8.50. The highest BCUT2D eigenvalue weighted by Gasteiger charge is 2.05. The van der Waals surface area contributed by atoms with Crippen LogP contribution in [0.4, 0.5) is 5.69 Å². The second-order valence-electron chi connectivity index (χ2n) is 5.09. The van der Waals surface area contributed by atoms with E-state index in [1.165, 1.54) is 0 Å². The molecule has 0 unspecified atom stereocenters. The normalized spacial score (nSPS) is 9.71. The number of rotatable bonds is 8. The first kappa shape index (κ1) is 19.6. The average molecular weight is 351 g/mol. The van der Waals surface area contributed by atoms with Crippen LogP contribution in [0.15, 0.2) is 48.5 Å². The number of nitrogens with one attached hydrogen (secondary N) is 1. The Morgan fingerprint density at radius 2 is 1.75 bits per heavy atom. The molecule has 0 saturated heterocycles. The smallest absolute Gasteiger partial charge is 0.223 e. The summed E-state index contributed by atoms with van der Waals surface area (Å²) in [6.07, 6.45) is 1.08. The summed E-state index contributed by atoms with van der Waals surface area (Å²) in [5.74, 6) is 1.27. The van der Waals surface area contributed by atoms with E-state index >= 15 is 0 Å². The monoisotopic (exact) mass is 350 g/mol. The number of benzene rings is 2. The lowest BCUT2D eigenvalue weighted by Crippen LogP contribution is -2.27. The quantitative estimate of drug-likeness (QED) is 0.718. The van der Waals surface area contributed by atoms with E-state index in [1.807, 2.05) is 48.5 Å². The molecule has 0 aliphatic carbocycles.